The van der Waals surface area contributed by atoms with E-state index in [0.717, 1.165) is 12.1 Å². The van der Waals surface area contributed by atoms with Crippen molar-refractivity contribution in [3.05, 3.63) is 29.6 Å². The minimum atomic E-state index is -4.45. The summed E-state index contributed by atoms with van der Waals surface area (Å²) in [4.78, 5) is 0. The van der Waals surface area contributed by atoms with E-state index in [1.54, 1.807) is 0 Å². The minimum absolute atomic E-state index is 0.0161. The lowest BCUT2D eigenvalue weighted by Gasteiger charge is -2.10. The number of hydrogen-bond donors (Lipinski definition) is 1. The van der Waals surface area contributed by atoms with E-state index >= 15 is 0 Å². The van der Waals surface area contributed by atoms with Gasteiger partial charge in [-0.1, -0.05) is 11.8 Å². The Balaban J connectivity index is 2.63. The Hall–Kier alpha value is -1.78. The van der Waals surface area contributed by atoms with Crippen molar-refractivity contribution in [2.75, 3.05) is 20.0 Å². The van der Waals surface area contributed by atoms with E-state index in [4.69, 9.17) is 9.84 Å². The van der Waals surface area contributed by atoms with E-state index in [2.05, 4.69) is 16.6 Å². The molecule has 110 valence electrons. The molecule has 20 heavy (non-hydrogen) atoms. The zero-order valence-corrected chi connectivity index (χ0v) is 10.3. The monoisotopic (exact) mass is 292 g/mol. The normalized spacial score (nSPS) is 10.8. The highest BCUT2D eigenvalue weighted by Gasteiger charge is 2.27. The third kappa shape index (κ3) is 6.41. The molecule has 0 fully saturated rings. The average molecular weight is 292 g/mol. The SMILES string of the molecule is OCCC#Cc1ccc(F)cc1OCOCC(F)(F)F. The summed E-state index contributed by atoms with van der Waals surface area (Å²) in [6.07, 6.45) is -4.23. The number of hydrogen-bond acceptors (Lipinski definition) is 3. The summed E-state index contributed by atoms with van der Waals surface area (Å²) in [7, 11) is 0. The number of alkyl halides is 3. The van der Waals surface area contributed by atoms with Gasteiger partial charge in [-0.2, -0.15) is 13.2 Å². The molecule has 0 bridgehead atoms. The first-order valence-corrected chi connectivity index (χ1v) is 5.59. The first-order valence-electron chi connectivity index (χ1n) is 5.59. The predicted molar refractivity (Wildman–Crippen MR) is 62.5 cm³/mol. The molecule has 0 radical (unpaired) electrons. The van der Waals surface area contributed by atoms with E-state index < -0.39 is 25.4 Å². The molecule has 0 saturated carbocycles. The lowest BCUT2D eigenvalue weighted by atomic mass is 10.2. The second-order valence-electron chi connectivity index (χ2n) is 3.64. The summed E-state index contributed by atoms with van der Waals surface area (Å²) >= 11 is 0. The first kappa shape index (κ1) is 16.3. The summed E-state index contributed by atoms with van der Waals surface area (Å²) in [5, 5.41) is 8.59. The number of rotatable bonds is 5. The van der Waals surface area contributed by atoms with Crippen LogP contribution in [0.2, 0.25) is 0 Å². The average Bonchev–Trinajstić information content (AvgIpc) is 2.36. The Labute approximate surface area is 113 Å². The molecule has 0 heterocycles. The largest absolute Gasteiger partial charge is 0.466 e. The summed E-state index contributed by atoms with van der Waals surface area (Å²) in [5.74, 6) is 4.60. The number of aliphatic hydroxyl groups is 1. The molecule has 0 spiro atoms. The van der Waals surface area contributed by atoms with Gasteiger partial charge in [0.05, 0.1) is 12.2 Å². The van der Waals surface area contributed by atoms with E-state index in [-0.39, 0.29) is 18.8 Å². The first-order chi connectivity index (χ1) is 9.42. The van der Waals surface area contributed by atoms with Crippen LogP contribution in [-0.4, -0.2) is 31.3 Å². The van der Waals surface area contributed by atoms with Crippen molar-refractivity contribution in [3.8, 4) is 17.6 Å². The third-order valence-corrected chi connectivity index (χ3v) is 1.97. The van der Waals surface area contributed by atoms with Gasteiger partial charge in [-0.05, 0) is 12.1 Å². The summed E-state index contributed by atoms with van der Waals surface area (Å²) < 4.78 is 57.8. The van der Waals surface area contributed by atoms with Gasteiger partial charge in [-0.15, -0.1) is 0 Å². The van der Waals surface area contributed by atoms with Gasteiger partial charge in [-0.25, -0.2) is 4.39 Å². The van der Waals surface area contributed by atoms with Crippen molar-refractivity contribution in [1.82, 2.24) is 0 Å². The van der Waals surface area contributed by atoms with Crippen LogP contribution in [0.1, 0.15) is 12.0 Å². The van der Waals surface area contributed by atoms with Crippen LogP contribution in [0.25, 0.3) is 0 Å². The van der Waals surface area contributed by atoms with Crippen molar-refractivity contribution in [3.63, 3.8) is 0 Å². The van der Waals surface area contributed by atoms with Crippen LogP contribution >= 0.6 is 0 Å². The Morgan fingerprint density at radius 2 is 2.00 bits per heavy atom. The van der Waals surface area contributed by atoms with Crippen LogP contribution in [0.4, 0.5) is 17.6 Å². The fraction of sp³-hybridized carbons (Fsp3) is 0.385. The molecule has 0 aromatic heterocycles. The van der Waals surface area contributed by atoms with Gasteiger partial charge in [0.2, 0.25) is 0 Å². The molecule has 0 atom stereocenters. The summed E-state index contributed by atoms with van der Waals surface area (Å²) in [6.45, 7) is -2.25. The number of benzene rings is 1. The molecule has 1 aromatic rings. The molecule has 0 unspecified atom stereocenters. The Kier molecular flexibility index (Phi) is 6.28. The molecule has 1 N–H and O–H groups in total. The molecule has 7 heteroatoms. The van der Waals surface area contributed by atoms with Crippen LogP contribution in [-0.2, 0) is 4.74 Å². The lowest BCUT2D eigenvalue weighted by molar-refractivity contribution is -0.186. The zero-order chi connectivity index (χ0) is 15.0. The third-order valence-electron chi connectivity index (χ3n) is 1.97. The fourth-order valence-electron chi connectivity index (χ4n) is 1.20. The number of ether oxygens (including phenoxy) is 2. The van der Waals surface area contributed by atoms with Gasteiger partial charge < -0.3 is 14.6 Å². The van der Waals surface area contributed by atoms with Crippen molar-refractivity contribution in [1.29, 1.82) is 0 Å². The maximum Gasteiger partial charge on any atom is 0.411 e. The van der Waals surface area contributed by atoms with Gasteiger partial charge in [0.15, 0.2) is 6.79 Å². The van der Waals surface area contributed by atoms with E-state index in [1.807, 2.05) is 0 Å². The standard InChI is InChI=1S/C13H12F4O3/c14-11-5-4-10(3-1-2-6-18)12(7-11)20-9-19-8-13(15,16)17/h4-5,7,18H,2,6,8-9H2. The van der Waals surface area contributed by atoms with Crippen LogP contribution < -0.4 is 4.74 Å². The second-order valence-corrected chi connectivity index (χ2v) is 3.64. The Morgan fingerprint density at radius 3 is 2.65 bits per heavy atom. The molecule has 1 aromatic carbocycles. The molecule has 0 aliphatic heterocycles. The lowest BCUT2D eigenvalue weighted by Crippen LogP contribution is -2.19. The molecule has 0 aliphatic carbocycles. The maximum atomic E-state index is 13.0. The van der Waals surface area contributed by atoms with Crippen molar-refractivity contribution < 1.29 is 32.1 Å². The quantitative estimate of drug-likeness (QED) is 0.392. The van der Waals surface area contributed by atoms with Gasteiger partial charge in [0, 0.05) is 12.5 Å². The van der Waals surface area contributed by atoms with Crippen LogP contribution in [0.15, 0.2) is 18.2 Å². The molecule has 3 nitrogen and oxygen atoms in total. The molecular formula is C13H12F4O3. The van der Waals surface area contributed by atoms with Crippen molar-refractivity contribution in [2.45, 2.75) is 12.6 Å². The van der Waals surface area contributed by atoms with E-state index in [1.165, 1.54) is 6.07 Å². The zero-order valence-electron chi connectivity index (χ0n) is 10.3. The molecule has 0 amide bonds. The Bertz CT molecular complexity index is 489. The number of aliphatic hydroxyl groups excluding tert-OH is 1. The topological polar surface area (TPSA) is 38.7 Å². The molecule has 1 rings (SSSR count). The van der Waals surface area contributed by atoms with Gasteiger partial charge in [0.25, 0.3) is 0 Å². The van der Waals surface area contributed by atoms with Gasteiger partial charge in [-0.3, -0.25) is 0 Å². The summed E-state index contributed by atoms with van der Waals surface area (Å²) in [5.41, 5.74) is 0.301. The fourth-order valence-corrected chi connectivity index (χ4v) is 1.20. The number of halogens is 4. The molecule has 0 saturated heterocycles. The van der Waals surface area contributed by atoms with Crippen molar-refractivity contribution in [2.24, 2.45) is 0 Å². The van der Waals surface area contributed by atoms with Gasteiger partial charge in [0.1, 0.15) is 18.2 Å². The highest BCUT2D eigenvalue weighted by molar-refractivity contribution is 5.46. The predicted octanol–water partition coefficient (Wildman–Crippen LogP) is 2.47. The minimum Gasteiger partial charge on any atom is -0.466 e. The molecule has 0 aliphatic rings. The smallest absolute Gasteiger partial charge is 0.411 e. The van der Waals surface area contributed by atoms with Crippen molar-refractivity contribution >= 4 is 0 Å². The van der Waals surface area contributed by atoms with Crippen LogP contribution in [0.3, 0.4) is 0 Å². The maximum absolute atomic E-state index is 13.0. The summed E-state index contributed by atoms with van der Waals surface area (Å²) in [6, 6.07) is 3.48. The second kappa shape index (κ2) is 7.72. The highest BCUT2D eigenvalue weighted by atomic mass is 19.4. The van der Waals surface area contributed by atoms with E-state index in [0.29, 0.717) is 5.56 Å². The molecular weight excluding hydrogens is 280 g/mol. The van der Waals surface area contributed by atoms with Crippen LogP contribution in [0.5, 0.6) is 5.75 Å². The Morgan fingerprint density at radius 1 is 1.25 bits per heavy atom. The van der Waals surface area contributed by atoms with Crippen LogP contribution in [0, 0.1) is 17.7 Å². The van der Waals surface area contributed by atoms with Gasteiger partial charge >= 0.3 is 6.18 Å². The van der Waals surface area contributed by atoms with E-state index in [9.17, 15) is 17.6 Å². The highest BCUT2D eigenvalue weighted by Crippen LogP contribution is 2.20.